The SMILES string of the molecule is CCCCCCc1ccc(C2(c3ccc(CCCCCC)cc3)c3cc4c(cc3-c3sc(/C=c5\ccc(=C6C(=O)c7cc(F)c(F)cc7C6=O)s5)cc32)C(c2ccc(CCCCCC)cc2)(c2ccc(CCCCCC)cc2)c2cc(/C=c3\ccc(=C5C(=O)c6cc(F)c(F)cc6C5=O)s3)sc2-4)cc1. The van der Waals surface area contributed by atoms with Crippen LogP contribution in [-0.4, -0.2) is 23.1 Å². The van der Waals surface area contributed by atoms with Gasteiger partial charge in [0.05, 0.1) is 22.0 Å². The van der Waals surface area contributed by atoms with E-state index < -0.39 is 57.2 Å². The van der Waals surface area contributed by atoms with Crippen LogP contribution in [0.5, 0.6) is 0 Å². The van der Waals surface area contributed by atoms with E-state index in [2.05, 4.69) is 161 Å². The van der Waals surface area contributed by atoms with Crippen LogP contribution in [0, 0.1) is 23.3 Å². The fourth-order valence-corrected chi connectivity index (χ4v) is 21.1. The lowest BCUT2D eigenvalue weighted by Gasteiger charge is -2.35. The minimum atomic E-state index is -1.17. The van der Waals surface area contributed by atoms with E-state index in [1.807, 2.05) is 12.1 Å². The van der Waals surface area contributed by atoms with Crippen LogP contribution in [-0.2, 0) is 36.5 Å². The normalized spacial score (nSPS) is 14.8. The van der Waals surface area contributed by atoms with Crippen molar-refractivity contribution in [3.63, 3.8) is 0 Å². The maximum atomic E-state index is 14.6. The molecule has 0 amide bonds. The summed E-state index contributed by atoms with van der Waals surface area (Å²) in [6.07, 6.45) is 26.7. The number of rotatable bonds is 26. The van der Waals surface area contributed by atoms with Crippen molar-refractivity contribution in [1.82, 2.24) is 0 Å². The third kappa shape index (κ3) is 12.8. The molecule has 4 aliphatic rings. The van der Waals surface area contributed by atoms with Crippen LogP contribution in [0.1, 0.15) is 248 Å². The summed E-state index contributed by atoms with van der Waals surface area (Å²) < 4.78 is 60.9. The van der Waals surface area contributed by atoms with Crippen molar-refractivity contribution in [2.45, 2.75) is 167 Å². The summed E-state index contributed by atoms with van der Waals surface area (Å²) in [5.41, 5.74) is 14.3. The van der Waals surface area contributed by atoms with Crippen LogP contribution < -0.4 is 18.1 Å². The fraction of sp³-hybridized carbons (Fsp3) is 0.283. The number of ketones is 4. The first-order valence-corrected chi connectivity index (χ1v) is 40.6. The van der Waals surface area contributed by atoms with Crippen LogP contribution in [0.4, 0.5) is 17.6 Å². The Morgan fingerprint density at radius 3 is 0.846 bits per heavy atom. The highest BCUT2D eigenvalue weighted by Gasteiger charge is 2.53. The third-order valence-electron chi connectivity index (χ3n) is 21.9. The van der Waals surface area contributed by atoms with Crippen LogP contribution in [0.3, 0.4) is 0 Å². The van der Waals surface area contributed by atoms with Crippen LogP contribution in [0.25, 0.3) is 44.2 Å². The monoisotopic (exact) mass is 1450 g/mol. The standard InChI is InChI=1S/C92H82F4O4S4/c1-5-9-13-17-21-55-25-33-59(34-26-55)91(60-35-27-56(28-36-60)22-18-14-10-6-2)73-49-72-74(50-71(73)89-75(91)47-65(103-89)45-63-41-43-81(101-63)83-85(97)67-51-77(93)78(94)52-68(67)86(83)98)92(61-37-29-57(30-38-61)23-19-15-11-7-3,62-39-31-58(32-40-62)24-20-16-12-8-4)76-48-66(104-90(72)76)46-64-42-44-82(102-64)84-87(99)69-53-79(95)80(96)54-70(69)88(84)100/h25-54H,5-24H2,1-4H3/b63-45+,64-46+. The predicted octanol–water partition coefficient (Wildman–Crippen LogP) is 21.8. The molecule has 0 N–H and O–H groups in total. The summed E-state index contributed by atoms with van der Waals surface area (Å²) in [5, 5.41) is 0. The number of carbonyl (C=O) groups excluding carboxylic acids is 4. The number of thiophene rings is 4. The molecule has 0 radical (unpaired) electrons. The predicted molar refractivity (Wildman–Crippen MR) is 419 cm³/mol. The van der Waals surface area contributed by atoms with Gasteiger partial charge in [0.2, 0.25) is 0 Å². The van der Waals surface area contributed by atoms with Crippen molar-refractivity contribution < 1.29 is 36.7 Å². The number of carbonyl (C=O) groups is 4. The molecule has 0 aliphatic heterocycles. The average molecular weight is 1460 g/mol. The van der Waals surface area contributed by atoms with Gasteiger partial charge in [0.25, 0.3) is 0 Å². The quantitative estimate of drug-likeness (QED) is 0.0400. The highest BCUT2D eigenvalue weighted by Crippen LogP contribution is 2.65. The first-order chi connectivity index (χ1) is 50.7. The van der Waals surface area contributed by atoms with Gasteiger partial charge in [-0.25, -0.2) is 17.6 Å². The van der Waals surface area contributed by atoms with Gasteiger partial charge < -0.3 is 0 Å². The highest BCUT2D eigenvalue weighted by atomic mass is 32.1. The molecule has 12 heteroatoms. The maximum absolute atomic E-state index is 14.6. The number of halogens is 4. The van der Waals surface area contributed by atoms with Gasteiger partial charge >= 0.3 is 0 Å². The Balaban J connectivity index is 0.972. The molecule has 0 saturated heterocycles. The van der Waals surface area contributed by atoms with Gasteiger partial charge in [-0.2, -0.15) is 0 Å². The molecule has 0 fully saturated rings. The number of unbranched alkanes of at least 4 members (excludes halogenated alkanes) is 12. The van der Waals surface area contributed by atoms with E-state index in [9.17, 15) is 36.7 Å². The van der Waals surface area contributed by atoms with E-state index >= 15 is 0 Å². The smallest absolute Gasteiger partial charge is 0.199 e. The minimum Gasteiger partial charge on any atom is -0.288 e. The number of fused-ring (bicyclic) bond motifs is 8. The fourth-order valence-electron chi connectivity index (χ4n) is 16.5. The van der Waals surface area contributed by atoms with Crippen LogP contribution >= 0.6 is 45.3 Å². The van der Waals surface area contributed by atoms with Crippen molar-refractivity contribution in [2.24, 2.45) is 0 Å². The average Bonchev–Trinajstić information content (AvgIpc) is 1.50. The second kappa shape index (κ2) is 30.0. The van der Waals surface area contributed by atoms with Gasteiger partial charge in [0.15, 0.2) is 46.4 Å². The van der Waals surface area contributed by atoms with Crippen molar-refractivity contribution >= 4 is 91.8 Å². The molecule has 4 aliphatic carbocycles. The molecule has 7 aromatic carbocycles. The second-order valence-corrected chi connectivity index (χ2v) is 33.0. The second-order valence-electron chi connectivity index (χ2n) is 28.6. The highest BCUT2D eigenvalue weighted by molar-refractivity contribution is 7.17. The first-order valence-electron chi connectivity index (χ1n) is 37.3. The van der Waals surface area contributed by atoms with E-state index in [1.165, 1.54) is 107 Å². The molecule has 0 bridgehead atoms. The Morgan fingerprint density at radius 1 is 0.298 bits per heavy atom. The number of hydrogen-bond acceptors (Lipinski definition) is 8. The Morgan fingerprint density at radius 2 is 0.577 bits per heavy atom. The Kier molecular flexibility index (Phi) is 20.4. The van der Waals surface area contributed by atoms with Crippen molar-refractivity contribution in [3.8, 4) is 20.9 Å². The van der Waals surface area contributed by atoms with Crippen LogP contribution in [0.2, 0.25) is 0 Å². The Hall–Kier alpha value is -8.78. The van der Waals surface area contributed by atoms with Crippen molar-refractivity contribution in [3.05, 3.63) is 310 Å². The zero-order chi connectivity index (χ0) is 72.0. The van der Waals surface area contributed by atoms with Crippen molar-refractivity contribution in [1.29, 1.82) is 0 Å². The topological polar surface area (TPSA) is 68.3 Å². The molecule has 0 unspecified atom stereocenters. The van der Waals surface area contributed by atoms with Crippen molar-refractivity contribution in [2.75, 3.05) is 0 Å². The molecule has 4 nitrogen and oxygen atoms in total. The lowest BCUT2D eigenvalue weighted by atomic mass is 9.65. The molecular weight excluding hydrogens is 1370 g/mol. The summed E-state index contributed by atoms with van der Waals surface area (Å²) in [5.74, 6) is -7.15. The molecule has 4 heterocycles. The Labute approximate surface area is 621 Å². The summed E-state index contributed by atoms with van der Waals surface area (Å²) in [7, 11) is 0. The van der Waals surface area contributed by atoms with E-state index in [0.29, 0.717) is 9.06 Å². The van der Waals surface area contributed by atoms with Gasteiger partial charge in [-0.05, 0) is 214 Å². The molecule has 0 saturated carbocycles. The van der Waals surface area contributed by atoms with Gasteiger partial charge in [0, 0.05) is 59.9 Å². The number of hydrogen-bond donors (Lipinski definition) is 0. The lowest BCUT2D eigenvalue weighted by molar-refractivity contribution is 0.101. The summed E-state index contributed by atoms with van der Waals surface area (Å²) in [6.45, 7) is 8.98. The van der Waals surface area contributed by atoms with Gasteiger partial charge in [-0.1, -0.05) is 202 Å². The zero-order valence-electron chi connectivity index (χ0n) is 59.2. The summed E-state index contributed by atoms with van der Waals surface area (Å²) in [6, 6.07) is 58.1. The van der Waals surface area contributed by atoms with Gasteiger partial charge in [-0.15, -0.1) is 45.3 Å². The molecule has 15 rings (SSSR count). The summed E-state index contributed by atoms with van der Waals surface area (Å²) >= 11 is 6.09. The molecule has 11 aromatic rings. The molecular formula is C92H82F4O4S4. The first kappa shape index (κ1) is 70.9. The molecule has 104 heavy (non-hydrogen) atoms. The lowest BCUT2D eigenvalue weighted by Crippen LogP contribution is -2.30. The number of aryl methyl sites for hydroxylation is 4. The van der Waals surface area contributed by atoms with E-state index in [-0.39, 0.29) is 33.4 Å². The number of Topliss-reactive ketones (excluding diaryl/α,β-unsaturated/α-hetero) is 4. The van der Waals surface area contributed by atoms with Crippen LogP contribution in [0.15, 0.2) is 170 Å². The van der Waals surface area contributed by atoms with Gasteiger partial charge in [0.1, 0.15) is 0 Å². The largest absolute Gasteiger partial charge is 0.288 e. The zero-order valence-corrected chi connectivity index (χ0v) is 62.5. The number of benzene rings is 7. The summed E-state index contributed by atoms with van der Waals surface area (Å²) in [4.78, 5) is 59.9. The minimum absolute atomic E-state index is 0.0848. The van der Waals surface area contributed by atoms with Gasteiger partial charge in [-0.3, -0.25) is 19.2 Å². The molecule has 0 spiro atoms. The maximum Gasteiger partial charge on any atom is 0.199 e. The molecule has 526 valence electrons. The molecule has 0 atom stereocenters. The van der Waals surface area contributed by atoms with E-state index in [4.69, 9.17) is 0 Å². The Bertz CT molecular complexity index is 4920. The van der Waals surface area contributed by atoms with E-state index in [0.717, 1.165) is 174 Å². The third-order valence-corrected chi connectivity index (χ3v) is 26.2. The van der Waals surface area contributed by atoms with E-state index in [1.54, 1.807) is 34.8 Å². The molecule has 4 aromatic heterocycles.